The molecule has 0 aromatic heterocycles. The van der Waals surface area contributed by atoms with Crippen LogP contribution in [0.1, 0.15) is 52.4 Å². The molecule has 88 valence electrons. The molecular formula is C12H22O3. The van der Waals surface area contributed by atoms with Crippen molar-refractivity contribution in [2.24, 2.45) is 5.41 Å². The third-order valence-electron chi connectivity index (χ3n) is 3.36. The smallest absolute Gasteiger partial charge is 0.314 e. The molecule has 2 atom stereocenters. The second-order valence-corrected chi connectivity index (χ2v) is 4.67. The first kappa shape index (κ1) is 12.5. The van der Waals surface area contributed by atoms with Gasteiger partial charge in [0.25, 0.3) is 0 Å². The highest BCUT2D eigenvalue weighted by Crippen LogP contribution is 2.37. The molecule has 0 bridgehead atoms. The number of unbranched alkanes of at least 4 members (excludes halogenated alkanes) is 1. The first-order valence-electron chi connectivity index (χ1n) is 5.96. The number of aliphatic hydroxyl groups is 1. The van der Waals surface area contributed by atoms with Crippen molar-refractivity contribution in [2.75, 3.05) is 6.61 Å². The van der Waals surface area contributed by atoms with Crippen LogP contribution < -0.4 is 0 Å². The van der Waals surface area contributed by atoms with Gasteiger partial charge in [0.2, 0.25) is 0 Å². The number of hydrogen-bond donors (Lipinski definition) is 1. The molecule has 1 fully saturated rings. The number of hydrogen-bond acceptors (Lipinski definition) is 3. The molecule has 1 aliphatic rings. The van der Waals surface area contributed by atoms with Crippen molar-refractivity contribution in [3.05, 3.63) is 0 Å². The van der Waals surface area contributed by atoms with Crippen LogP contribution in [0, 0.1) is 5.41 Å². The fourth-order valence-corrected chi connectivity index (χ4v) is 2.03. The molecule has 0 saturated heterocycles. The first-order valence-corrected chi connectivity index (χ1v) is 5.96. The van der Waals surface area contributed by atoms with Crippen molar-refractivity contribution >= 4 is 5.97 Å². The summed E-state index contributed by atoms with van der Waals surface area (Å²) >= 11 is 0. The minimum Gasteiger partial charge on any atom is -0.465 e. The summed E-state index contributed by atoms with van der Waals surface area (Å²) in [6.45, 7) is 4.37. The summed E-state index contributed by atoms with van der Waals surface area (Å²) in [5.41, 5.74) is -0.661. The van der Waals surface area contributed by atoms with E-state index in [9.17, 15) is 9.90 Å². The number of carbonyl (C=O) groups excluding carboxylic acids is 1. The average molecular weight is 214 g/mol. The summed E-state index contributed by atoms with van der Waals surface area (Å²) in [6, 6.07) is 0. The van der Waals surface area contributed by atoms with Gasteiger partial charge in [-0.25, -0.2) is 0 Å². The van der Waals surface area contributed by atoms with Crippen LogP contribution in [0.4, 0.5) is 0 Å². The van der Waals surface area contributed by atoms with Crippen LogP contribution in [-0.2, 0) is 9.53 Å². The Kier molecular flexibility index (Phi) is 4.58. The second-order valence-electron chi connectivity index (χ2n) is 4.67. The van der Waals surface area contributed by atoms with E-state index in [1.807, 2.05) is 6.92 Å². The van der Waals surface area contributed by atoms with Crippen LogP contribution in [0.5, 0.6) is 0 Å². The minimum atomic E-state index is -0.661. The van der Waals surface area contributed by atoms with Crippen molar-refractivity contribution in [1.82, 2.24) is 0 Å². The fraction of sp³-hybridized carbons (Fsp3) is 0.917. The van der Waals surface area contributed by atoms with Crippen LogP contribution in [0.3, 0.4) is 0 Å². The van der Waals surface area contributed by atoms with Crippen LogP contribution in [0.15, 0.2) is 0 Å². The molecule has 0 aromatic rings. The van der Waals surface area contributed by atoms with Crippen LogP contribution in [0.25, 0.3) is 0 Å². The molecule has 0 spiro atoms. The van der Waals surface area contributed by atoms with E-state index in [4.69, 9.17) is 4.74 Å². The summed E-state index contributed by atoms with van der Waals surface area (Å²) in [7, 11) is 0. The molecule has 0 amide bonds. The summed E-state index contributed by atoms with van der Waals surface area (Å²) < 4.78 is 5.20. The van der Waals surface area contributed by atoms with Crippen molar-refractivity contribution in [1.29, 1.82) is 0 Å². The lowest BCUT2D eigenvalue weighted by atomic mass is 9.73. The highest BCUT2D eigenvalue weighted by Gasteiger charge is 2.43. The predicted molar refractivity (Wildman–Crippen MR) is 58.4 cm³/mol. The highest BCUT2D eigenvalue weighted by atomic mass is 16.5. The third kappa shape index (κ3) is 2.94. The maximum absolute atomic E-state index is 11.8. The van der Waals surface area contributed by atoms with Gasteiger partial charge in [-0.1, -0.05) is 26.2 Å². The van der Waals surface area contributed by atoms with E-state index >= 15 is 0 Å². The first-order chi connectivity index (χ1) is 7.11. The van der Waals surface area contributed by atoms with Crippen molar-refractivity contribution < 1.29 is 14.6 Å². The zero-order valence-corrected chi connectivity index (χ0v) is 9.79. The number of rotatable bonds is 4. The lowest BCUT2D eigenvalue weighted by Gasteiger charge is -2.35. The average Bonchev–Trinajstić information content (AvgIpc) is 2.23. The Bertz CT molecular complexity index is 215. The molecule has 1 saturated carbocycles. The largest absolute Gasteiger partial charge is 0.465 e. The topological polar surface area (TPSA) is 46.5 Å². The Morgan fingerprint density at radius 2 is 2.27 bits per heavy atom. The molecule has 3 heteroatoms. The molecule has 1 N–H and O–H groups in total. The molecule has 1 rings (SSSR count). The zero-order chi connectivity index (χ0) is 11.3. The Labute approximate surface area is 91.8 Å². The molecule has 0 heterocycles. The minimum absolute atomic E-state index is 0.219. The van der Waals surface area contributed by atoms with Gasteiger partial charge in [-0.15, -0.1) is 0 Å². The normalized spacial score (nSPS) is 31.3. The molecule has 0 unspecified atom stereocenters. The Morgan fingerprint density at radius 3 is 2.87 bits per heavy atom. The maximum atomic E-state index is 11.8. The highest BCUT2D eigenvalue weighted by molar-refractivity contribution is 5.77. The Morgan fingerprint density at radius 1 is 1.53 bits per heavy atom. The van der Waals surface area contributed by atoms with Gasteiger partial charge in [-0.3, -0.25) is 4.79 Å². The van der Waals surface area contributed by atoms with Crippen LogP contribution in [0.2, 0.25) is 0 Å². The quantitative estimate of drug-likeness (QED) is 0.577. The third-order valence-corrected chi connectivity index (χ3v) is 3.36. The molecule has 0 aliphatic heterocycles. The van der Waals surface area contributed by atoms with Crippen molar-refractivity contribution in [3.8, 4) is 0 Å². The van der Waals surface area contributed by atoms with E-state index in [1.54, 1.807) is 0 Å². The summed E-state index contributed by atoms with van der Waals surface area (Å²) in [6.07, 6.45) is 4.89. The monoisotopic (exact) mass is 214 g/mol. The van der Waals surface area contributed by atoms with Gasteiger partial charge in [0.15, 0.2) is 0 Å². The number of carbonyl (C=O) groups is 1. The zero-order valence-electron chi connectivity index (χ0n) is 9.79. The van der Waals surface area contributed by atoms with Gasteiger partial charge in [0, 0.05) is 0 Å². The lowest BCUT2D eigenvalue weighted by molar-refractivity contribution is -0.165. The second kappa shape index (κ2) is 5.50. The van der Waals surface area contributed by atoms with Gasteiger partial charge in [0.05, 0.1) is 18.1 Å². The standard InChI is InChI=1S/C12H22O3/c1-3-4-9-15-11(14)12(2)8-6-5-7-10(12)13/h10,13H,3-9H2,1-2H3/t10-,12+/m0/s1. The van der Waals surface area contributed by atoms with Gasteiger partial charge in [-0.2, -0.15) is 0 Å². The van der Waals surface area contributed by atoms with E-state index < -0.39 is 11.5 Å². The van der Waals surface area contributed by atoms with E-state index in [0.717, 1.165) is 38.5 Å². The van der Waals surface area contributed by atoms with Crippen LogP contribution >= 0.6 is 0 Å². The van der Waals surface area contributed by atoms with E-state index in [-0.39, 0.29) is 5.97 Å². The summed E-state index contributed by atoms with van der Waals surface area (Å²) in [5.74, 6) is -0.219. The molecular weight excluding hydrogens is 192 g/mol. The molecule has 3 nitrogen and oxygen atoms in total. The number of aliphatic hydroxyl groups excluding tert-OH is 1. The molecule has 1 aliphatic carbocycles. The fourth-order valence-electron chi connectivity index (χ4n) is 2.03. The SMILES string of the molecule is CCCCOC(=O)[C@]1(C)CCCC[C@@H]1O. The summed E-state index contributed by atoms with van der Waals surface area (Å²) in [4.78, 5) is 11.8. The van der Waals surface area contributed by atoms with Gasteiger partial charge in [0.1, 0.15) is 0 Å². The van der Waals surface area contributed by atoms with Gasteiger partial charge >= 0.3 is 5.97 Å². The molecule has 0 radical (unpaired) electrons. The van der Waals surface area contributed by atoms with Gasteiger partial charge < -0.3 is 9.84 Å². The molecule has 0 aromatic carbocycles. The maximum Gasteiger partial charge on any atom is 0.314 e. The molecule has 15 heavy (non-hydrogen) atoms. The lowest BCUT2D eigenvalue weighted by Crippen LogP contribution is -2.43. The van der Waals surface area contributed by atoms with Crippen molar-refractivity contribution in [2.45, 2.75) is 58.5 Å². The van der Waals surface area contributed by atoms with E-state index in [0.29, 0.717) is 6.61 Å². The predicted octanol–water partition coefficient (Wildman–Crippen LogP) is 2.27. The van der Waals surface area contributed by atoms with Crippen LogP contribution in [-0.4, -0.2) is 23.8 Å². The Balaban J connectivity index is 2.47. The van der Waals surface area contributed by atoms with E-state index in [1.165, 1.54) is 0 Å². The van der Waals surface area contributed by atoms with Crippen molar-refractivity contribution in [3.63, 3.8) is 0 Å². The number of ether oxygens (including phenoxy) is 1. The van der Waals surface area contributed by atoms with Gasteiger partial charge in [-0.05, 0) is 26.2 Å². The van der Waals surface area contributed by atoms with E-state index in [2.05, 4.69) is 6.92 Å². The Hall–Kier alpha value is -0.570. The number of esters is 1. The summed E-state index contributed by atoms with van der Waals surface area (Å²) in [5, 5.41) is 9.85.